The highest BCUT2D eigenvalue weighted by atomic mass is 14.6. The van der Waals surface area contributed by atoms with Crippen molar-refractivity contribution in [2.75, 3.05) is 0 Å². The average molecular weight is 245 g/mol. The molecule has 0 aromatic heterocycles. The van der Waals surface area contributed by atoms with Gasteiger partial charge in [0.25, 0.3) is 0 Å². The summed E-state index contributed by atoms with van der Waals surface area (Å²) in [5.41, 5.74) is 9.97. The normalized spacial score (nSPS) is 24.9. The fourth-order valence-corrected chi connectivity index (χ4v) is 2.05. The molecule has 0 aliphatic heterocycles. The molecule has 1 nitrogen and oxygen atoms in total. The van der Waals surface area contributed by atoms with Gasteiger partial charge >= 0.3 is 0 Å². The maximum atomic E-state index is 6.18. The molecule has 0 saturated carbocycles. The smallest absolute Gasteiger partial charge is 0.0294 e. The van der Waals surface area contributed by atoms with Crippen LogP contribution in [0.5, 0.6) is 0 Å². The van der Waals surface area contributed by atoms with Crippen LogP contribution in [0.15, 0.2) is 48.1 Å². The molecule has 1 aliphatic carbocycles. The van der Waals surface area contributed by atoms with Crippen molar-refractivity contribution in [3.05, 3.63) is 48.1 Å². The number of allylic oxidation sites excluding steroid dienone is 4. The first-order valence-electron chi connectivity index (χ1n) is 6.75. The van der Waals surface area contributed by atoms with Crippen molar-refractivity contribution in [1.82, 2.24) is 0 Å². The largest absolute Gasteiger partial charge is 0.324 e. The van der Waals surface area contributed by atoms with Crippen LogP contribution in [0.25, 0.3) is 0 Å². The second-order valence-corrected chi connectivity index (χ2v) is 6.05. The molecule has 2 N–H and O–H groups in total. The van der Waals surface area contributed by atoms with Crippen LogP contribution in [0.3, 0.4) is 0 Å². The highest BCUT2D eigenvalue weighted by Gasteiger charge is 2.23. The standard InChI is InChI=1S/C17H27N/c1-12(2)14(5)16(18)11-15-7-9-17(6,10-8-15)13(3)4/h7-9,12,16H,3,5,10-11,18H2,1-2,4,6H3. The molecule has 1 aliphatic rings. The van der Waals surface area contributed by atoms with Gasteiger partial charge in [0, 0.05) is 11.5 Å². The van der Waals surface area contributed by atoms with Crippen LogP contribution in [-0.4, -0.2) is 6.04 Å². The van der Waals surface area contributed by atoms with Crippen molar-refractivity contribution < 1.29 is 0 Å². The van der Waals surface area contributed by atoms with Gasteiger partial charge in [-0.1, -0.05) is 68.9 Å². The highest BCUT2D eigenvalue weighted by Crippen LogP contribution is 2.36. The monoisotopic (exact) mass is 245 g/mol. The number of hydrogen-bond acceptors (Lipinski definition) is 1. The lowest BCUT2D eigenvalue weighted by Gasteiger charge is -2.29. The molecule has 1 heteroatoms. The number of rotatable bonds is 5. The van der Waals surface area contributed by atoms with Gasteiger partial charge in [-0.2, -0.15) is 0 Å². The molecule has 0 fully saturated rings. The fourth-order valence-electron chi connectivity index (χ4n) is 2.05. The van der Waals surface area contributed by atoms with E-state index in [2.05, 4.69) is 59.1 Å². The first kappa shape index (κ1) is 15.0. The third-order valence-corrected chi connectivity index (χ3v) is 4.10. The van der Waals surface area contributed by atoms with E-state index in [-0.39, 0.29) is 11.5 Å². The lowest BCUT2D eigenvalue weighted by molar-refractivity contribution is 0.513. The molecule has 0 bridgehead atoms. The van der Waals surface area contributed by atoms with Gasteiger partial charge in [-0.3, -0.25) is 0 Å². The zero-order chi connectivity index (χ0) is 13.9. The molecule has 100 valence electrons. The van der Waals surface area contributed by atoms with Gasteiger partial charge in [0.2, 0.25) is 0 Å². The minimum absolute atomic E-state index is 0.0649. The molecule has 0 amide bonds. The first-order chi connectivity index (χ1) is 8.26. The van der Waals surface area contributed by atoms with Crippen LogP contribution < -0.4 is 5.73 Å². The molecule has 18 heavy (non-hydrogen) atoms. The van der Waals surface area contributed by atoms with Gasteiger partial charge < -0.3 is 5.73 Å². The van der Waals surface area contributed by atoms with Crippen LogP contribution in [0.2, 0.25) is 0 Å². The summed E-state index contributed by atoms with van der Waals surface area (Å²) in [7, 11) is 0. The van der Waals surface area contributed by atoms with Gasteiger partial charge in [0.1, 0.15) is 0 Å². The Labute approximate surface area is 112 Å². The Morgan fingerprint density at radius 1 is 1.44 bits per heavy atom. The van der Waals surface area contributed by atoms with Gasteiger partial charge in [0.15, 0.2) is 0 Å². The third-order valence-electron chi connectivity index (χ3n) is 4.10. The van der Waals surface area contributed by atoms with E-state index in [1.807, 2.05) is 0 Å². The second kappa shape index (κ2) is 5.71. The molecule has 0 aromatic carbocycles. The van der Waals surface area contributed by atoms with Crippen LogP contribution in [0.1, 0.15) is 40.5 Å². The average Bonchev–Trinajstić information content (AvgIpc) is 2.30. The lowest BCUT2D eigenvalue weighted by Crippen LogP contribution is -2.26. The second-order valence-electron chi connectivity index (χ2n) is 6.05. The van der Waals surface area contributed by atoms with E-state index in [9.17, 15) is 0 Å². The van der Waals surface area contributed by atoms with E-state index in [4.69, 9.17) is 5.73 Å². The van der Waals surface area contributed by atoms with Crippen LogP contribution in [-0.2, 0) is 0 Å². The zero-order valence-electron chi connectivity index (χ0n) is 12.3. The van der Waals surface area contributed by atoms with E-state index < -0.39 is 0 Å². The quantitative estimate of drug-likeness (QED) is 0.714. The summed E-state index contributed by atoms with van der Waals surface area (Å²) in [6.45, 7) is 16.8. The van der Waals surface area contributed by atoms with Crippen LogP contribution in [0.4, 0.5) is 0 Å². The third kappa shape index (κ3) is 3.46. The Kier molecular flexibility index (Phi) is 4.75. The molecule has 0 radical (unpaired) electrons. The van der Waals surface area contributed by atoms with Crippen LogP contribution >= 0.6 is 0 Å². The van der Waals surface area contributed by atoms with Crippen LogP contribution in [0, 0.1) is 11.3 Å². The SMILES string of the molecule is C=C(C(C)C)C(N)CC1=CCC(C)(C(=C)C)C=C1. The van der Waals surface area contributed by atoms with E-state index in [1.165, 1.54) is 11.1 Å². The molecule has 0 aromatic rings. The molecular formula is C17H27N. The maximum Gasteiger partial charge on any atom is 0.0294 e. The van der Waals surface area contributed by atoms with Crippen molar-refractivity contribution in [2.24, 2.45) is 17.1 Å². The van der Waals surface area contributed by atoms with Gasteiger partial charge in [0.05, 0.1) is 0 Å². The van der Waals surface area contributed by atoms with Crippen molar-refractivity contribution in [1.29, 1.82) is 0 Å². The van der Waals surface area contributed by atoms with E-state index >= 15 is 0 Å². The summed E-state index contributed by atoms with van der Waals surface area (Å²) in [4.78, 5) is 0. The van der Waals surface area contributed by atoms with Gasteiger partial charge in [-0.05, 0) is 25.7 Å². The molecule has 0 spiro atoms. The topological polar surface area (TPSA) is 26.0 Å². The minimum atomic E-state index is 0.0649. The molecule has 2 atom stereocenters. The predicted octanol–water partition coefficient (Wildman–Crippen LogP) is 4.38. The van der Waals surface area contributed by atoms with Gasteiger partial charge in [-0.25, -0.2) is 0 Å². The summed E-state index contributed by atoms with van der Waals surface area (Å²) in [5, 5.41) is 0. The van der Waals surface area contributed by atoms with E-state index in [0.29, 0.717) is 5.92 Å². The van der Waals surface area contributed by atoms with E-state index in [0.717, 1.165) is 18.4 Å². The summed E-state index contributed by atoms with van der Waals surface area (Å²) in [6, 6.07) is 0.0649. The molecule has 2 unspecified atom stereocenters. The van der Waals surface area contributed by atoms with Crippen molar-refractivity contribution in [3.63, 3.8) is 0 Å². The van der Waals surface area contributed by atoms with Gasteiger partial charge in [-0.15, -0.1) is 0 Å². The molecular weight excluding hydrogens is 218 g/mol. The summed E-state index contributed by atoms with van der Waals surface area (Å²) in [5.74, 6) is 0.453. The molecule has 0 heterocycles. The fraction of sp³-hybridized carbons (Fsp3) is 0.529. The number of nitrogens with two attached hydrogens (primary N) is 1. The van der Waals surface area contributed by atoms with E-state index in [1.54, 1.807) is 0 Å². The Balaban J connectivity index is 2.64. The maximum absolute atomic E-state index is 6.18. The lowest BCUT2D eigenvalue weighted by atomic mass is 9.76. The number of hydrogen-bond donors (Lipinski definition) is 1. The Bertz CT molecular complexity index is 398. The molecule has 0 saturated heterocycles. The van der Waals surface area contributed by atoms with Crippen molar-refractivity contribution in [2.45, 2.75) is 46.6 Å². The Morgan fingerprint density at radius 2 is 2.06 bits per heavy atom. The summed E-state index contributed by atoms with van der Waals surface area (Å²) >= 11 is 0. The predicted molar refractivity (Wildman–Crippen MR) is 81.3 cm³/mol. The first-order valence-corrected chi connectivity index (χ1v) is 6.75. The Hall–Kier alpha value is -1.08. The Morgan fingerprint density at radius 3 is 2.44 bits per heavy atom. The summed E-state index contributed by atoms with van der Waals surface area (Å²) < 4.78 is 0. The minimum Gasteiger partial charge on any atom is -0.324 e. The van der Waals surface area contributed by atoms with Crippen molar-refractivity contribution >= 4 is 0 Å². The van der Waals surface area contributed by atoms with Crippen molar-refractivity contribution in [3.8, 4) is 0 Å². The zero-order valence-corrected chi connectivity index (χ0v) is 12.3. The highest BCUT2D eigenvalue weighted by molar-refractivity contribution is 5.33. The summed E-state index contributed by atoms with van der Waals surface area (Å²) in [6.07, 6.45) is 8.66. The molecule has 1 rings (SSSR count).